The van der Waals surface area contributed by atoms with Crippen LogP contribution < -0.4 is 127 Å². The van der Waals surface area contributed by atoms with E-state index in [4.69, 9.17) is 9.47 Å². The Morgan fingerprint density at radius 3 is 1.09 bits per heavy atom. The fourth-order valence-corrected chi connectivity index (χ4v) is 22.5. The molecule has 13 aromatic carbocycles. The number of carbonyl (C=O) groups is 3. The number of aromatic hydroxyl groups is 1. The van der Waals surface area contributed by atoms with Crippen molar-refractivity contribution >= 4 is 34.4 Å². The molecule has 111 heavy (non-hydrogen) atoms. The Labute approximate surface area is 707 Å². The molecule has 0 fully saturated rings. The molecular weight excluding hydrogens is 2090 g/mol. The van der Waals surface area contributed by atoms with Crippen LogP contribution in [0, 0.1) is 97.0 Å². The normalized spacial score (nSPS) is 10.4. The number of ether oxygens (including phenoxy) is 4. The van der Waals surface area contributed by atoms with Crippen LogP contribution in [-0.4, -0.2) is 62.5 Å². The van der Waals surface area contributed by atoms with Gasteiger partial charge in [-0.1, -0.05) is 77.4 Å². The van der Waals surface area contributed by atoms with E-state index in [1.165, 1.54) is 118 Å². The van der Waals surface area contributed by atoms with Gasteiger partial charge in [0.05, 0.1) is 18.0 Å². The van der Waals surface area contributed by atoms with E-state index < -0.39 is 47.3 Å². The van der Waals surface area contributed by atoms with E-state index in [1.54, 1.807) is 43.5 Å². The zero-order valence-electron chi connectivity index (χ0n) is 61.3. The predicted molar refractivity (Wildman–Crippen MR) is 400 cm³/mol. The van der Waals surface area contributed by atoms with Crippen LogP contribution >= 0.6 is 0 Å². The number of esters is 3. The summed E-state index contributed by atoms with van der Waals surface area (Å²) in [5.41, 5.74) is 6.88. The van der Waals surface area contributed by atoms with Crippen molar-refractivity contribution in [3.63, 3.8) is 0 Å². The van der Waals surface area contributed by atoms with Crippen LogP contribution in [0.3, 0.4) is 0 Å². The molecule has 0 aliphatic rings. The zero-order valence-corrected chi connectivity index (χ0v) is 74.2. The summed E-state index contributed by atoms with van der Waals surface area (Å²) in [5, 5.41) is 22.3. The number of phenolic OH excluding ortho intramolecular Hbond substituents is 1. The third kappa shape index (κ3) is 33.6. The van der Waals surface area contributed by atoms with Gasteiger partial charge in [-0.3, -0.25) is 14.9 Å². The van der Waals surface area contributed by atoms with Crippen molar-refractivity contribution in [1.82, 2.24) is 0 Å². The van der Waals surface area contributed by atoms with Gasteiger partial charge in [-0.15, -0.1) is 0 Å². The number of methoxy groups -OCH3 is 3. The van der Waals surface area contributed by atoms with E-state index in [0.717, 1.165) is 38.2 Å². The molecule has 13 aromatic rings. The SMILES string of the molecule is COC(=O)Cc1ccc([I-]c2ccc(F)cc2)cc1.COC(=O)Cc1ccc([I-]c2ccc3cc(F)ccc3c2)cc1.COCCOC(=O)Cc1ccc([I+]c2ccccc2O)cc1.Cc1ccc([I+]c2ccc(C)cc2)cc1.Cc1ccc([I+]c2ccc(F)cc2)cc1.O=[N+]([O-])c1ccc([I+]c2ccc(F)cc2)cc1. The first-order valence-corrected chi connectivity index (χ1v) is 47.2. The Kier molecular flexibility index (Phi) is 38.2. The summed E-state index contributed by atoms with van der Waals surface area (Å²) in [6, 6.07) is 95.0. The molecule has 0 saturated carbocycles. The summed E-state index contributed by atoms with van der Waals surface area (Å²) in [4.78, 5) is 44.1. The second-order valence-corrected chi connectivity index (χ2v) is 42.0. The number of benzene rings is 13. The van der Waals surface area contributed by atoms with Gasteiger partial charge in [0.2, 0.25) is 3.57 Å². The minimum absolute atomic E-state index is 0.00313. The Balaban J connectivity index is 0.000000168. The largest absolute Gasteiger partial charge is 0.504 e. The van der Waals surface area contributed by atoms with Gasteiger partial charge < -0.3 is 14.6 Å². The molecule has 1 N–H and O–H groups in total. The number of non-ortho nitro benzene ring substituents is 1. The maximum atomic E-state index is 13.2. The number of phenols is 1. The van der Waals surface area contributed by atoms with Crippen LogP contribution in [0.4, 0.5) is 23.2 Å². The molecule has 0 aliphatic carbocycles. The second kappa shape index (κ2) is 48.0. The number of carbonyl (C=O) groups excluding carboxylic acids is 3. The number of rotatable bonds is 22. The van der Waals surface area contributed by atoms with E-state index in [9.17, 15) is 47.2 Å². The molecule has 0 aromatic heterocycles. The summed E-state index contributed by atoms with van der Waals surface area (Å²) in [6.45, 7) is 7.05. The third-order valence-electron chi connectivity index (χ3n) is 15.2. The van der Waals surface area contributed by atoms with Crippen molar-refractivity contribution in [2.24, 2.45) is 0 Å². The summed E-state index contributed by atoms with van der Waals surface area (Å²) in [7, 11) is 4.35. The molecule has 0 heterocycles. The smallest absolute Gasteiger partial charge is 0.362 e. The second-order valence-electron chi connectivity index (χ2n) is 23.9. The number of hydrogen-bond donors (Lipinski definition) is 1. The molecule has 0 aliphatic heterocycles. The van der Waals surface area contributed by atoms with Crippen molar-refractivity contribution < 1.29 is 188 Å². The van der Waals surface area contributed by atoms with Crippen molar-refractivity contribution in [1.29, 1.82) is 0 Å². The monoisotopic (exact) mass is 2170 g/mol. The van der Waals surface area contributed by atoms with Gasteiger partial charge in [0.1, 0.15) is 18.2 Å². The zero-order chi connectivity index (χ0) is 79.3. The number of halogens is 10. The fourth-order valence-electron chi connectivity index (χ4n) is 9.35. The number of para-hydroxylation sites is 1. The summed E-state index contributed by atoms with van der Waals surface area (Å²) in [5.74, 6) is -1.19. The molecule has 13 rings (SSSR count). The molecule has 0 amide bonds. The number of nitrogens with zero attached hydrogens (tertiary/aromatic N) is 1. The quantitative estimate of drug-likeness (QED) is 0.0191. The van der Waals surface area contributed by atoms with Gasteiger partial charge in [0, 0.05) is 19.2 Å². The molecular formula is C90H79F4I6NO10+2. The molecule has 11 nitrogen and oxygen atoms in total. The van der Waals surface area contributed by atoms with Crippen molar-refractivity contribution in [3.8, 4) is 5.75 Å². The molecule has 0 bridgehead atoms. The van der Waals surface area contributed by atoms with Gasteiger partial charge in [0.25, 0.3) is 5.69 Å². The average molecular weight is 2170 g/mol. The third-order valence-corrected chi connectivity index (χ3v) is 31.4. The summed E-state index contributed by atoms with van der Waals surface area (Å²) in [6.07, 6.45) is 0.862. The van der Waals surface area contributed by atoms with Crippen LogP contribution in [0.15, 0.2) is 303 Å². The number of hydrogen-bond acceptors (Lipinski definition) is 10. The molecule has 0 unspecified atom stereocenters. The first kappa shape index (κ1) is 88.4. The maximum Gasteiger partial charge on any atom is 0.362 e. The van der Waals surface area contributed by atoms with E-state index in [2.05, 4.69) is 127 Å². The summed E-state index contributed by atoms with van der Waals surface area (Å²) < 4.78 is 85.5. The van der Waals surface area contributed by atoms with Crippen LogP contribution in [0.2, 0.25) is 0 Å². The predicted octanol–water partition coefficient (Wildman–Crippen LogP) is 0.302. The Hall–Kier alpha value is -8.21. The van der Waals surface area contributed by atoms with Crippen molar-refractivity contribution in [2.75, 3.05) is 34.5 Å². The van der Waals surface area contributed by atoms with Crippen LogP contribution in [-0.2, 0) is 52.6 Å². The first-order valence-electron chi connectivity index (χ1n) is 34.3. The number of nitro groups is 1. The van der Waals surface area contributed by atoms with E-state index >= 15 is 0 Å². The first-order chi connectivity index (χ1) is 53.6. The van der Waals surface area contributed by atoms with Crippen LogP contribution in [0.1, 0.15) is 33.4 Å². The fraction of sp³-hybridized carbons (Fsp3) is 0.122. The Morgan fingerprint density at radius 1 is 0.369 bits per heavy atom. The average Bonchev–Trinajstić information content (AvgIpc) is 0.826. The minimum Gasteiger partial charge on any atom is -0.504 e. The van der Waals surface area contributed by atoms with Gasteiger partial charge >= 0.3 is 357 Å². The molecule has 21 heteroatoms. The molecule has 0 atom stereocenters. The molecule has 0 spiro atoms. The molecule has 0 saturated heterocycles. The van der Waals surface area contributed by atoms with Crippen LogP contribution in [0.25, 0.3) is 10.8 Å². The van der Waals surface area contributed by atoms with Crippen molar-refractivity contribution in [2.45, 2.75) is 40.0 Å². The van der Waals surface area contributed by atoms with Gasteiger partial charge in [0.15, 0.2) is 30.7 Å². The standard InChI is InChI=1S/C19H15FIO2.C17H17IO4.C15H13FIO2.C14H14I.C13H11FI.C12H8FINO2/c1-23-19(22)10-13-2-7-17(8-3-13)21-18-9-5-14-11-16(20)6-4-15(14)12-18;1-21-10-11-22-17(20)12-13-6-8-14(9-7-13)18-15-4-2-3-5-16(15)19;1-19-15(18)10-11-2-6-13(7-3-11)17-14-8-4-12(16)5-9-14;1-11-3-7-13(8-4-11)15-14-9-5-12(2)6-10-14;1-10-2-6-12(7-3-10)15-13-8-4-11(14)5-9-13;13-9-1-3-10(4-2-9)14-11-5-7-12(8-6-11)15(16)17/h2-9,11-12H,10H2,1H3;2-9H,10-12H2,1H3;2-9H,10H2,1H3;3-10H,1-2H3;2-9H,1H3;1-8H/q-1;;-1;3*+1/p+1. The maximum absolute atomic E-state index is 13.2. The van der Waals surface area contributed by atoms with E-state index in [1.807, 2.05) is 115 Å². The Morgan fingerprint density at radius 2 is 0.685 bits per heavy atom. The summed E-state index contributed by atoms with van der Waals surface area (Å²) >= 11 is -1.59. The van der Waals surface area contributed by atoms with Crippen molar-refractivity contribution in [3.05, 3.63) is 413 Å². The number of nitro benzene ring substituents is 1. The van der Waals surface area contributed by atoms with E-state index in [-0.39, 0.29) is 145 Å². The number of aryl methyl sites for hydroxylation is 3. The van der Waals surface area contributed by atoms with E-state index in [0.29, 0.717) is 25.2 Å². The molecule has 0 radical (unpaired) electrons. The topological polar surface area (TPSA) is 152 Å². The van der Waals surface area contributed by atoms with Gasteiger partial charge in [-0.05, 0) is 148 Å². The Bertz CT molecular complexity index is 4860. The number of fused-ring (bicyclic) bond motifs is 1. The van der Waals surface area contributed by atoms with Crippen LogP contribution in [0.5, 0.6) is 5.75 Å². The minimum atomic E-state index is -0.422. The van der Waals surface area contributed by atoms with Gasteiger partial charge in [-0.25, -0.2) is 8.78 Å². The molecule has 572 valence electrons. The van der Waals surface area contributed by atoms with Gasteiger partial charge in [-0.2, -0.15) is 0 Å².